The summed E-state index contributed by atoms with van der Waals surface area (Å²) in [5, 5.41) is 15.5. The van der Waals surface area contributed by atoms with Crippen molar-refractivity contribution in [3.63, 3.8) is 0 Å². The number of amides is 2. The third-order valence-electron chi connectivity index (χ3n) is 5.12. The summed E-state index contributed by atoms with van der Waals surface area (Å²) in [4.78, 5) is 36.2. The quantitative estimate of drug-likeness (QED) is 0.455. The van der Waals surface area contributed by atoms with E-state index in [1.165, 1.54) is 19.1 Å². The van der Waals surface area contributed by atoms with Gasteiger partial charge in [-0.2, -0.15) is 4.98 Å². The van der Waals surface area contributed by atoms with E-state index in [-0.39, 0.29) is 23.8 Å². The third-order valence-corrected chi connectivity index (χ3v) is 5.12. The topological polar surface area (TPSA) is 190 Å². The molecule has 0 aliphatic carbocycles. The summed E-state index contributed by atoms with van der Waals surface area (Å²) in [5.74, 6) is -0.0437. The molecule has 0 atom stereocenters. The highest BCUT2D eigenvalue weighted by Gasteiger charge is 2.35. The maximum atomic E-state index is 12.7. The van der Waals surface area contributed by atoms with E-state index in [2.05, 4.69) is 19.8 Å². The second-order valence-electron chi connectivity index (χ2n) is 6.90. The minimum Gasteiger partial charge on any atom is -0.493 e. The molecule has 4 N–H and O–H groups in total. The van der Waals surface area contributed by atoms with Crippen LogP contribution in [0.25, 0.3) is 10.9 Å². The molecular formula is C18H20N8O6. The summed E-state index contributed by atoms with van der Waals surface area (Å²) in [6.45, 7) is 1.28. The molecule has 0 radical (unpaired) electrons. The lowest BCUT2D eigenvalue weighted by atomic mass is 10.2. The zero-order valence-corrected chi connectivity index (χ0v) is 17.3. The molecule has 32 heavy (non-hydrogen) atoms. The highest BCUT2D eigenvalue weighted by Crippen LogP contribution is 2.34. The Balaban J connectivity index is 1.54. The van der Waals surface area contributed by atoms with Crippen molar-refractivity contribution >= 4 is 34.5 Å². The Morgan fingerprint density at radius 1 is 1.12 bits per heavy atom. The van der Waals surface area contributed by atoms with E-state index >= 15 is 0 Å². The number of ether oxygens (including phenoxy) is 2. The van der Waals surface area contributed by atoms with Gasteiger partial charge in [0.05, 0.1) is 24.9 Å². The number of carbonyl (C=O) groups excluding carboxylic acids is 2. The fourth-order valence-corrected chi connectivity index (χ4v) is 3.46. The molecule has 168 valence electrons. The molecule has 0 spiro atoms. The molecule has 4 rings (SSSR count). The Bertz CT molecular complexity index is 1200. The minimum absolute atomic E-state index is 0.180. The maximum absolute atomic E-state index is 12.7. The summed E-state index contributed by atoms with van der Waals surface area (Å²) >= 11 is 0. The van der Waals surface area contributed by atoms with Crippen LogP contribution in [0.3, 0.4) is 0 Å². The molecule has 14 heteroatoms. The van der Waals surface area contributed by atoms with Crippen molar-refractivity contribution in [2.75, 3.05) is 51.0 Å². The van der Waals surface area contributed by atoms with Gasteiger partial charge in [-0.3, -0.25) is 14.2 Å². The number of carbonyl (C=O) groups is 2. The normalized spacial score (nSPS) is 13.9. The smallest absolute Gasteiger partial charge is 0.318 e. The monoisotopic (exact) mass is 444 g/mol. The fourth-order valence-electron chi connectivity index (χ4n) is 3.46. The maximum Gasteiger partial charge on any atom is 0.318 e. The van der Waals surface area contributed by atoms with Crippen molar-refractivity contribution in [3.05, 3.63) is 28.7 Å². The Labute approximate surface area is 180 Å². The van der Waals surface area contributed by atoms with Crippen molar-refractivity contribution in [1.29, 1.82) is 0 Å². The molecule has 0 saturated carbocycles. The van der Waals surface area contributed by atoms with Gasteiger partial charge in [-0.05, 0) is 11.0 Å². The Morgan fingerprint density at radius 2 is 1.78 bits per heavy atom. The number of methoxy groups -OCH3 is 2. The Morgan fingerprint density at radius 3 is 2.41 bits per heavy atom. The molecule has 3 heterocycles. The van der Waals surface area contributed by atoms with Gasteiger partial charge in [0.15, 0.2) is 11.5 Å². The van der Waals surface area contributed by atoms with E-state index in [1.54, 1.807) is 12.1 Å². The van der Waals surface area contributed by atoms with E-state index in [9.17, 15) is 14.8 Å². The molecule has 14 nitrogen and oxygen atoms in total. The average Bonchev–Trinajstić information content (AvgIpc) is 3.19. The number of anilines is 2. The van der Waals surface area contributed by atoms with E-state index < -0.39 is 23.2 Å². The predicted molar refractivity (Wildman–Crippen MR) is 109 cm³/mol. The number of hydrogen-bond donors (Lipinski definition) is 2. The van der Waals surface area contributed by atoms with Crippen LogP contribution in [-0.2, 0) is 0 Å². The van der Waals surface area contributed by atoms with Crippen molar-refractivity contribution in [3.8, 4) is 11.5 Å². The second kappa shape index (κ2) is 8.05. The van der Waals surface area contributed by atoms with Crippen LogP contribution >= 0.6 is 0 Å². The molecule has 3 aromatic rings. The van der Waals surface area contributed by atoms with E-state index in [4.69, 9.17) is 20.9 Å². The number of hydrogen-bond acceptors (Lipinski definition) is 11. The van der Waals surface area contributed by atoms with E-state index in [1.807, 2.05) is 4.90 Å². The van der Waals surface area contributed by atoms with Gasteiger partial charge in [0.25, 0.3) is 11.6 Å². The third kappa shape index (κ3) is 3.51. The summed E-state index contributed by atoms with van der Waals surface area (Å²) in [5.41, 5.74) is 10.8. The van der Waals surface area contributed by atoms with Crippen LogP contribution in [0.15, 0.2) is 16.8 Å². The van der Waals surface area contributed by atoms with Crippen molar-refractivity contribution in [1.82, 2.24) is 20.0 Å². The summed E-state index contributed by atoms with van der Waals surface area (Å²) in [6.07, 6.45) is 0. The van der Waals surface area contributed by atoms with Gasteiger partial charge in [-0.1, -0.05) is 0 Å². The zero-order valence-electron chi connectivity index (χ0n) is 17.3. The Hall–Kier alpha value is -4.36. The van der Waals surface area contributed by atoms with Crippen LogP contribution in [0.4, 0.5) is 11.8 Å². The molecule has 2 amide bonds. The lowest BCUT2D eigenvalue weighted by Crippen LogP contribution is -2.50. The van der Waals surface area contributed by atoms with Crippen LogP contribution in [-0.4, -0.2) is 72.2 Å². The van der Waals surface area contributed by atoms with Gasteiger partial charge in [0, 0.05) is 37.6 Å². The SMILES string of the molecule is COc1cc2nc(N3CCN(C(=O)c4no[n+]([O-])c4C(N)=O)CC3)nc(N)c2cc1OC. The number of aromatic nitrogens is 4. The van der Waals surface area contributed by atoms with Crippen LogP contribution < -0.4 is 30.7 Å². The first kappa shape index (κ1) is 20.9. The summed E-state index contributed by atoms with van der Waals surface area (Å²) in [7, 11) is 3.05. The van der Waals surface area contributed by atoms with Crippen LogP contribution in [0.1, 0.15) is 21.0 Å². The zero-order chi connectivity index (χ0) is 23.0. The number of benzene rings is 1. The molecule has 1 aliphatic heterocycles. The van der Waals surface area contributed by atoms with Gasteiger partial charge in [0.1, 0.15) is 5.82 Å². The lowest BCUT2D eigenvalue weighted by Gasteiger charge is -2.34. The molecular weight excluding hydrogens is 424 g/mol. The first-order valence-electron chi connectivity index (χ1n) is 9.47. The number of rotatable bonds is 5. The molecule has 0 bridgehead atoms. The van der Waals surface area contributed by atoms with Crippen molar-refractivity contribution < 1.29 is 28.6 Å². The summed E-state index contributed by atoms with van der Waals surface area (Å²) in [6, 6.07) is 3.42. The largest absolute Gasteiger partial charge is 0.493 e. The van der Waals surface area contributed by atoms with Gasteiger partial charge < -0.3 is 35.9 Å². The van der Waals surface area contributed by atoms with E-state index in [0.29, 0.717) is 41.4 Å². The second-order valence-corrected chi connectivity index (χ2v) is 6.90. The molecule has 1 fully saturated rings. The minimum atomic E-state index is -1.10. The average molecular weight is 444 g/mol. The number of nitrogens with two attached hydrogens (primary N) is 2. The highest BCUT2D eigenvalue weighted by molar-refractivity contribution is 6.03. The number of nitrogens with zero attached hydrogens (tertiary/aromatic N) is 6. The molecule has 1 aliphatic rings. The fraction of sp³-hybridized carbons (Fsp3) is 0.333. The molecule has 1 saturated heterocycles. The Kier molecular flexibility index (Phi) is 5.26. The highest BCUT2D eigenvalue weighted by atomic mass is 16.8. The molecule has 0 unspecified atom stereocenters. The number of fused-ring (bicyclic) bond motifs is 1. The van der Waals surface area contributed by atoms with Gasteiger partial charge in [-0.25, -0.2) is 4.98 Å². The molecule has 1 aromatic carbocycles. The number of primary amides is 1. The summed E-state index contributed by atoms with van der Waals surface area (Å²) < 4.78 is 15.0. The lowest BCUT2D eigenvalue weighted by molar-refractivity contribution is -0.803. The van der Waals surface area contributed by atoms with Crippen molar-refractivity contribution in [2.24, 2.45) is 5.73 Å². The van der Waals surface area contributed by atoms with Gasteiger partial charge >= 0.3 is 11.6 Å². The molecule has 2 aromatic heterocycles. The van der Waals surface area contributed by atoms with Crippen LogP contribution in [0, 0.1) is 5.21 Å². The first-order chi connectivity index (χ1) is 15.3. The predicted octanol–water partition coefficient (Wildman–Crippen LogP) is -1.09. The van der Waals surface area contributed by atoms with Crippen LogP contribution in [0.2, 0.25) is 0 Å². The van der Waals surface area contributed by atoms with Crippen molar-refractivity contribution in [2.45, 2.75) is 0 Å². The van der Waals surface area contributed by atoms with Gasteiger partial charge in [0.2, 0.25) is 5.95 Å². The number of nitrogen functional groups attached to an aromatic ring is 1. The van der Waals surface area contributed by atoms with E-state index in [0.717, 1.165) is 0 Å². The first-order valence-corrected chi connectivity index (χ1v) is 9.47. The number of piperazine rings is 1. The van der Waals surface area contributed by atoms with Crippen LogP contribution in [0.5, 0.6) is 11.5 Å². The van der Waals surface area contributed by atoms with Gasteiger partial charge in [-0.15, -0.1) is 0 Å². The standard InChI is InChI=1S/C18H20N8O6/c1-30-11-7-9-10(8-12(11)31-2)21-18(22-15(9)19)25-5-3-24(4-6-25)17(28)13-14(16(20)27)26(29)32-23-13/h7-8H,3-6H2,1-2H3,(H2,20,27)(H2,19,21,22).